The van der Waals surface area contributed by atoms with E-state index >= 15 is 0 Å². The van der Waals surface area contributed by atoms with Crippen molar-refractivity contribution in [3.63, 3.8) is 0 Å². The van der Waals surface area contributed by atoms with Gasteiger partial charge in [0.05, 0.1) is 11.0 Å². The summed E-state index contributed by atoms with van der Waals surface area (Å²) in [5, 5.41) is 13.9. The Labute approximate surface area is 175 Å². The topological polar surface area (TPSA) is 100 Å². The zero-order valence-electron chi connectivity index (χ0n) is 15.9. The number of benzene rings is 1. The molecule has 3 heterocycles. The van der Waals surface area contributed by atoms with E-state index in [0.717, 1.165) is 23.4 Å². The second-order valence-corrected chi connectivity index (χ2v) is 9.00. The number of amides is 1. The van der Waals surface area contributed by atoms with Gasteiger partial charge >= 0.3 is 5.97 Å². The molecule has 1 fully saturated rings. The van der Waals surface area contributed by atoms with Crippen LogP contribution in [-0.4, -0.2) is 61.3 Å². The number of thiazole rings is 1. The molecule has 0 radical (unpaired) electrons. The predicted molar refractivity (Wildman–Crippen MR) is 114 cm³/mol. The maximum atomic E-state index is 12.3. The molecule has 1 saturated heterocycles. The largest absolute Gasteiger partial charge is 0.476 e. The molecule has 1 amide bonds. The number of aryl methyl sites for hydroxylation is 1. The molecule has 0 saturated carbocycles. The van der Waals surface area contributed by atoms with Crippen molar-refractivity contribution in [2.45, 2.75) is 23.2 Å². The van der Waals surface area contributed by atoms with Crippen molar-refractivity contribution in [2.75, 3.05) is 24.2 Å². The molecule has 3 aromatic rings. The zero-order chi connectivity index (χ0) is 20.4. The molecule has 2 N–H and O–H groups in total. The first-order valence-corrected chi connectivity index (χ1v) is 11.2. The van der Waals surface area contributed by atoms with Crippen LogP contribution in [0.25, 0.3) is 11.0 Å². The number of carbonyl (C=O) groups excluding carboxylic acids is 1. The minimum Gasteiger partial charge on any atom is -0.476 e. The molecule has 10 heteroatoms. The average molecular weight is 432 g/mol. The van der Waals surface area contributed by atoms with E-state index in [1.54, 1.807) is 0 Å². The molecular weight excluding hydrogens is 410 g/mol. The van der Waals surface area contributed by atoms with Gasteiger partial charge in [-0.05, 0) is 18.6 Å². The van der Waals surface area contributed by atoms with E-state index in [1.165, 1.54) is 28.5 Å². The standard InChI is InChI=1S/C19H21N5O3S2/c1-23-15-5-3-2-4-13(15)21-18(23)20-10-12-6-7-16(25)24(12)8-9-28-19-22-14(11-29-19)17(26)27/h2-5,11-12H,6-10H2,1H3,(H,20,21)(H,26,27)/t12-/m1/s1. The SMILES string of the molecule is Cn1c(NC[C@H]2CCC(=O)N2CCSc2nc(C(=O)O)cs2)nc2ccccc21. The van der Waals surface area contributed by atoms with Crippen molar-refractivity contribution in [2.24, 2.45) is 7.05 Å². The van der Waals surface area contributed by atoms with Crippen LogP contribution in [-0.2, 0) is 11.8 Å². The van der Waals surface area contributed by atoms with Crippen LogP contribution in [0.1, 0.15) is 23.3 Å². The molecule has 8 nitrogen and oxygen atoms in total. The number of aromatic carboxylic acids is 1. The maximum absolute atomic E-state index is 12.3. The number of aromatic nitrogens is 3. The van der Waals surface area contributed by atoms with Crippen LogP contribution in [0.2, 0.25) is 0 Å². The first-order valence-electron chi connectivity index (χ1n) is 9.29. The Bertz CT molecular complexity index is 1050. The summed E-state index contributed by atoms with van der Waals surface area (Å²) in [5.41, 5.74) is 2.08. The molecule has 1 aromatic carbocycles. The first kappa shape index (κ1) is 19.7. The number of nitrogens with zero attached hydrogens (tertiary/aromatic N) is 4. The summed E-state index contributed by atoms with van der Waals surface area (Å²) in [6, 6.07) is 8.09. The summed E-state index contributed by atoms with van der Waals surface area (Å²) < 4.78 is 2.73. The van der Waals surface area contributed by atoms with Gasteiger partial charge in [0.15, 0.2) is 10.0 Å². The number of carboxylic acid groups (broad SMARTS) is 1. The number of fused-ring (bicyclic) bond motifs is 1. The van der Waals surface area contributed by atoms with Gasteiger partial charge in [0.1, 0.15) is 0 Å². The molecule has 152 valence electrons. The van der Waals surface area contributed by atoms with Gasteiger partial charge in [-0.25, -0.2) is 14.8 Å². The fourth-order valence-corrected chi connectivity index (χ4v) is 5.29. The number of nitrogens with one attached hydrogen (secondary N) is 1. The van der Waals surface area contributed by atoms with Crippen molar-refractivity contribution >= 4 is 52.0 Å². The molecule has 2 aromatic heterocycles. The van der Waals surface area contributed by atoms with Crippen LogP contribution in [0.15, 0.2) is 34.0 Å². The van der Waals surface area contributed by atoms with Crippen molar-refractivity contribution in [1.29, 1.82) is 0 Å². The lowest BCUT2D eigenvalue weighted by atomic mass is 10.2. The Morgan fingerprint density at radius 2 is 2.21 bits per heavy atom. The molecule has 4 rings (SSSR count). The third-order valence-electron chi connectivity index (χ3n) is 5.00. The van der Waals surface area contributed by atoms with Gasteiger partial charge in [-0.2, -0.15) is 0 Å². The van der Waals surface area contributed by atoms with Crippen LogP contribution in [0, 0.1) is 0 Å². The maximum Gasteiger partial charge on any atom is 0.355 e. The number of carbonyl (C=O) groups is 2. The predicted octanol–water partition coefficient (Wildman–Crippen LogP) is 2.92. The third kappa shape index (κ3) is 4.23. The normalized spacial score (nSPS) is 16.7. The Morgan fingerprint density at radius 1 is 1.38 bits per heavy atom. The third-order valence-corrected chi connectivity index (χ3v) is 7.00. The Kier molecular flexibility index (Phi) is 5.72. The highest BCUT2D eigenvalue weighted by atomic mass is 32.2. The Balaban J connectivity index is 1.33. The second-order valence-electron chi connectivity index (χ2n) is 6.80. The molecule has 0 bridgehead atoms. The number of thioether (sulfide) groups is 1. The van der Waals surface area contributed by atoms with E-state index in [-0.39, 0.29) is 17.6 Å². The number of likely N-dealkylation sites (tertiary alicyclic amines) is 1. The zero-order valence-corrected chi connectivity index (χ0v) is 17.5. The molecular formula is C19H21N5O3S2. The average Bonchev–Trinajstić information content (AvgIpc) is 3.40. The number of imidazole rings is 1. The van der Waals surface area contributed by atoms with Gasteiger partial charge in [-0.15, -0.1) is 11.3 Å². The van der Waals surface area contributed by atoms with E-state index < -0.39 is 5.97 Å². The van der Waals surface area contributed by atoms with Crippen LogP contribution in [0.5, 0.6) is 0 Å². The molecule has 1 aliphatic heterocycles. The molecule has 1 aliphatic rings. The number of anilines is 1. The Hall–Kier alpha value is -2.59. The molecule has 0 spiro atoms. The van der Waals surface area contributed by atoms with Crippen LogP contribution in [0.4, 0.5) is 5.95 Å². The van der Waals surface area contributed by atoms with E-state index in [2.05, 4.69) is 15.3 Å². The second kappa shape index (κ2) is 8.42. The minimum absolute atomic E-state index is 0.0688. The fourth-order valence-electron chi connectivity index (χ4n) is 3.48. The van der Waals surface area contributed by atoms with Crippen LogP contribution >= 0.6 is 23.1 Å². The molecule has 1 atom stereocenters. The lowest BCUT2D eigenvalue weighted by Gasteiger charge is -2.25. The van der Waals surface area contributed by atoms with Gasteiger partial charge < -0.3 is 19.9 Å². The lowest BCUT2D eigenvalue weighted by Crippen LogP contribution is -2.39. The summed E-state index contributed by atoms with van der Waals surface area (Å²) in [6.45, 7) is 1.26. The number of para-hydroxylation sites is 2. The van der Waals surface area contributed by atoms with E-state index in [4.69, 9.17) is 5.11 Å². The van der Waals surface area contributed by atoms with Crippen molar-refractivity contribution in [1.82, 2.24) is 19.4 Å². The monoisotopic (exact) mass is 431 g/mol. The number of hydrogen-bond acceptors (Lipinski definition) is 7. The summed E-state index contributed by atoms with van der Waals surface area (Å²) in [7, 11) is 1.98. The van der Waals surface area contributed by atoms with Crippen LogP contribution in [0.3, 0.4) is 0 Å². The highest BCUT2D eigenvalue weighted by Gasteiger charge is 2.30. The summed E-state index contributed by atoms with van der Waals surface area (Å²) in [6.07, 6.45) is 1.38. The van der Waals surface area contributed by atoms with Crippen molar-refractivity contribution < 1.29 is 14.7 Å². The smallest absolute Gasteiger partial charge is 0.355 e. The highest BCUT2D eigenvalue weighted by Crippen LogP contribution is 2.25. The number of hydrogen-bond donors (Lipinski definition) is 2. The lowest BCUT2D eigenvalue weighted by molar-refractivity contribution is -0.128. The van der Waals surface area contributed by atoms with Crippen LogP contribution < -0.4 is 5.32 Å². The molecule has 29 heavy (non-hydrogen) atoms. The number of rotatable bonds is 8. The number of carboxylic acids is 1. The van der Waals surface area contributed by atoms with Crippen molar-refractivity contribution in [3.8, 4) is 0 Å². The summed E-state index contributed by atoms with van der Waals surface area (Å²) in [5.74, 6) is 0.619. The summed E-state index contributed by atoms with van der Waals surface area (Å²) >= 11 is 2.80. The van der Waals surface area contributed by atoms with Gasteiger partial charge in [-0.3, -0.25) is 4.79 Å². The van der Waals surface area contributed by atoms with Gasteiger partial charge in [0, 0.05) is 43.7 Å². The minimum atomic E-state index is -1.02. The Morgan fingerprint density at radius 3 is 2.97 bits per heavy atom. The van der Waals surface area contributed by atoms with Gasteiger partial charge in [0.2, 0.25) is 11.9 Å². The highest BCUT2D eigenvalue weighted by molar-refractivity contribution is 8.01. The quantitative estimate of drug-likeness (QED) is 0.529. The van der Waals surface area contributed by atoms with Gasteiger partial charge in [-0.1, -0.05) is 23.9 Å². The van der Waals surface area contributed by atoms with E-state index in [1.807, 2.05) is 40.8 Å². The van der Waals surface area contributed by atoms with Gasteiger partial charge in [0.25, 0.3) is 0 Å². The summed E-state index contributed by atoms with van der Waals surface area (Å²) in [4.78, 5) is 33.8. The molecule has 0 unspecified atom stereocenters. The molecule has 0 aliphatic carbocycles. The van der Waals surface area contributed by atoms with Crippen molar-refractivity contribution in [3.05, 3.63) is 35.3 Å². The fraction of sp³-hybridized carbons (Fsp3) is 0.368. The van der Waals surface area contributed by atoms with E-state index in [9.17, 15) is 9.59 Å². The first-order chi connectivity index (χ1) is 14.0. The van der Waals surface area contributed by atoms with E-state index in [0.29, 0.717) is 29.6 Å².